The lowest BCUT2D eigenvalue weighted by atomic mass is 10.2. The minimum Gasteiger partial charge on any atom is -0.313 e. The molecule has 0 unspecified atom stereocenters. The lowest BCUT2D eigenvalue weighted by Crippen LogP contribution is -2.37. The number of aromatic amines is 1. The molecule has 2 rings (SSSR count). The lowest BCUT2D eigenvalue weighted by Gasteiger charge is -2.03. The van der Waals surface area contributed by atoms with Gasteiger partial charge in [-0.05, 0) is 32.4 Å². The quantitative estimate of drug-likeness (QED) is 0.864. The molecule has 0 bridgehead atoms. The molecule has 0 radical (unpaired) electrons. The van der Waals surface area contributed by atoms with Gasteiger partial charge in [0.2, 0.25) is 0 Å². The molecule has 100 valence electrons. The number of nitrogens with one attached hydrogen (secondary N) is 1. The van der Waals surface area contributed by atoms with E-state index in [0.717, 1.165) is 19.9 Å². The number of hydrogen-bond donors (Lipinski definition) is 1. The summed E-state index contributed by atoms with van der Waals surface area (Å²) in [5.74, 6) is -0.353. The van der Waals surface area contributed by atoms with Crippen LogP contribution in [0.3, 0.4) is 0 Å². The molecule has 0 atom stereocenters. The Kier molecular flexibility index (Phi) is 3.53. The van der Waals surface area contributed by atoms with E-state index < -0.39 is 11.2 Å². The molecule has 2 aromatic heterocycles. The molecule has 0 saturated carbocycles. The van der Waals surface area contributed by atoms with Gasteiger partial charge in [-0.1, -0.05) is 0 Å². The molecule has 0 amide bonds. The van der Waals surface area contributed by atoms with Crippen LogP contribution in [0.25, 0.3) is 0 Å². The number of thiophene rings is 1. The Balaban J connectivity index is 2.51. The van der Waals surface area contributed by atoms with E-state index >= 15 is 0 Å². The largest absolute Gasteiger partial charge is 0.328 e. The molecule has 0 saturated heterocycles. The predicted octanol–water partition coefficient (Wildman–Crippen LogP) is 1.47. The molecule has 6 heteroatoms. The van der Waals surface area contributed by atoms with Gasteiger partial charge in [-0.15, -0.1) is 11.3 Å². The minimum absolute atomic E-state index is 0.00426. The van der Waals surface area contributed by atoms with E-state index in [1.165, 1.54) is 13.1 Å². The SMILES string of the molecule is CC(=O)c1c[nH]c(=O)n(Cc2cc(C)c(C)s2)c1=O. The predicted molar refractivity (Wildman–Crippen MR) is 74.2 cm³/mol. The first kappa shape index (κ1) is 13.5. The van der Waals surface area contributed by atoms with Gasteiger partial charge in [0.05, 0.1) is 12.1 Å². The Morgan fingerprint density at radius 1 is 1.37 bits per heavy atom. The van der Waals surface area contributed by atoms with Crippen LogP contribution in [0.4, 0.5) is 0 Å². The highest BCUT2D eigenvalue weighted by molar-refractivity contribution is 7.12. The van der Waals surface area contributed by atoms with Crippen molar-refractivity contribution in [1.82, 2.24) is 9.55 Å². The van der Waals surface area contributed by atoms with Gasteiger partial charge in [0, 0.05) is 16.0 Å². The van der Waals surface area contributed by atoms with Gasteiger partial charge in [0.1, 0.15) is 0 Å². The number of aryl methyl sites for hydroxylation is 2. The Hall–Kier alpha value is -1.95. The molecule has 1 N–H and O–H groups in total. The normalized spacial score (nSPS) is 10.7. The Labute approximate surface area is 113 Å². The molecule has 0 fully saturated rings. The van der Waals surface area contributed by atoms with Crippen LogP contribution >= 0.6 is 11.3 Å². The van der Waals surface area contributed by atoms with Gasteiger partial charge in [0.15, 0.2) is 5.78 Å². The maximum absolute atomic E-state index is 12.1. The van der Waals surface area contributed by atoms with E-state index in [1.807, 2.05) is 19.9 Å². The summed E-state index contributed by atoms with van der Waals surface area (Å²) in [7, 11) is 0. The minimum atomic E-state index is -0.542. The summed E-state index contributed by atoms with van der Waals surface area (Å²) in [6.45, 7) is 5.46. The maximum Gasteiger partial charge on any atom is 0.328 e. The number of carbonyl (C=O) groups excluding carboxylic acids is 1. The van der Waals surface area contributed by atoms with Crippen LogP contribution in [0.15, 0.2) is 21.9 Å². The van der Waals surface area contributed by atoms with Gasteiger partial charge in [-0.3, -0.25) is 14.2 Å². The topological polar surface area (TPSA) is 71.9 Å². The standard InChI is InChI=1S/C13H14N2O3S/c1-7-4-10(19-9(7)3)6-15-12(17)11(8(2)16)5-14-13(15)18/h4-5H,6H2,1-3H3,(H,14,18). The summed E-state index contributed by atoms with van der Waals surface area (Å²) in [5, 5.41) is 0. The van der Waals surface area contributed by atoms with Crippen LogP contribution < -0.4 is 11.2 Å². The zero-order chi connectivity index (χ0) is 14.2. The van der Waals surface area contributed by atoms with Crippen molar-refractivity contribution in [3.8, 4) is 0 Å². The number of Topliss-reactive ketones (excluding diaryl/α,β-unsaturated/α-hetero) is 1. The zero-order valence-electron chi connectivity index (χ0n) is 10.9. The van der Waals surface area contributed by atoms with Crippen molar-refractivity contribution in [3.63, 3.8) is 0 Å². The number of carbonyl (C=O) groups is 1. The van der Waals surface area contributed by atoms with Crippen molar-refractivity contribution in [2.24, 2.45) is 0 Å². The summed E-state index contributed by atoms with van der Waals surface area (Å²) in [6, 6.07) is 1.95. The van der Waals surface area contributed by atoms with Crippen molar-refractivity contribution in [2.75, 3.05) is 0 Å². The Bertz CT molecular complexity index is 732. The van der Waals surface area contributed by atoms with Gasteiger partial charge in [-0.2, -0.15) is 0 Å². The second kappa shape index (κ2) is 4.97. The highest BCUT2D eigenvalue weighted by atomic mass is 32.1. The van der Waals surface area contributed by atoms with E-state index in [2.05, 4.69) is 4.98 Å². The van der Waals surface area contributed by atoms with E-state index in [4.69, 9.17) is 0 Å². The fourth-order valence-electron chi connectivity index (χ4n) is 1.79. The number of H-pyrrole nitrogens is 1. The van der Waals surface area contributed by atoms with Gasteiger partial charge < -0.3 is 4.98 Å². The molecule has 19 heavy (non-hydrogen) atoms. The Morgan fingerprint density at radius 2 is 2.05 bits per heavy atom. The second-order valence-corrected chi connectivity index (χ2v) is 5.75. The van der Waals surface area contributed by atoms with Gasteiger partial charge in [-0.25, -0.2) is 4.79 Å². The second-order valence-electron chi connectivity index (χ2n) is 4.41. The Morgan fingerprint density at radius 3 is 2.58 bits per heavy atom. The first-order valence-corrected chi connectivity index (χ1v) is 6.61. The smallest absolute Gasteiger partial charge is 0.313 e. The van der Waals surface area contributed by atoms with Crippen LogP contribution in [-0.2, 0) is 6.54 Å². The van der Waals surface area contributed by atoms with Crippen molar-refractivity contribution in [1.29, 1.82) is 0 Å². The van der Waals surface area contributed by atoms with Crippen molar-refractivity contribution < 1.29 is 4.79 Å². The molecule has 0 aliphatic carbocycles. The molecule has 0 spiro atoms. The third-order valence-corrected chi connectivity index (χ3v) is 4.11. The monoisotopic (exact) mass is 278 g/mol. The summed E-state index contributed by atoms with van der Waals surface area (Å²) in [5.41, 5.74) is 0.0930. The van der Waals surface area contributed by atoms with E-state index in [-0.39, 0.29) is 17.9 Å². The molecule has 5 nitrogen and oxygen atoms in total. The molecule has 0 aliphatic heterocycles. The molecule has 2 aromatic rings. The van der Waals surface area contributed by atoms with Crippen LogP contribution in [0, 0.1) is 13.8 Å². The molecular formula is C13H14N2O3S. The summed E-state index contributed by atoms with van der Waals surface area (Å²) >= 11 is 1.54. The third-order valence-electron chi connectivity index (χ3n) is 2.97. The number of hydrogen-bond acceptors (Lipinski definition) is 4. The van der Waals surface area contributed by atoms with E-state index in [1.54, 1.807) is 11.3 Å². The lowest BCUT2D eigenvalue weighted by molar-refractivity contribution is 0.101. The fraction of sp³-hybridized carbons (Fsp3) is 0.308. The van der Waals surface area contributed by atoms with Crippen LogP contribution in [0.5, 0.6) is 0 Å². The van der Waals surface area contributed by atoms with Crippen molar-refractivity contribution in [2.45, 2.75) is 27.3 Å². The molecule has 2 heterocycles. The number of rotatable bonds is 3. The average Bonchev–Trinajstić information content (AvgIpc) is 2.63. The van der Waals surface area contributed by atoms with Crippen molar-refractivity contribution in [3.05, 3.63) is 54.0 Å². The fourth-order valence-corrected chi connectivity index (χ4v) is 2.83. The van der Waals surface area contributed by atoms with Crippen LogP contribution in [0.1, 0.15) is 32.6 Å². The summed E-state index contributed by atoms with van der Waals surface area (Å²) in [6.07, 6.45) is 1.18. The van der Waals surface area contributed by atoms with E-state index in [0.29, 0.717) is 0 Å². The van der Waals surface area contributed by atoms with Crippen LogP contribution in [0.2, 0.25) is 0 Å². The van der Waals surface area contributed by atoms with Gasteiger partial charge in [0.25, 0.3) is 5.56 Å². The first-order chi connectivity index (χ1) is 8.90. The van der Waals surface area contributed by atoms with Crippen molar-refractivity contribution >= 4 is 17.1 Å². The van der Waals surface area contributed by atoms with Gasteiger partial charge >= 0.3 is 5.69 Å². The molecule has 0 aromatic carbocycles. The highest BCUT2D eigenvalue weighted by Gasteiger charge is 2.12. The highest BCUT2D eigenvalue weighted by Crippen LogP contribution is 2.20. The average molecular weight is 278 g/mol. The summed E-state index contributed by atoms with van der Waals surface area (Å²) < 4.78 is 1.06. The maximum atomic E-state index is 12.1. The number of aromatic nitrogens is 2. The zero-order valence-corrected chi connectivity index (χ0v) is 11.8. The first-order valence-electron chi connectivity index (χ1n) is 5.79. The number of nitrogens with zero attached hydrogens (tertiary/aromatic N) is 1. The summed E-state index contributed by atoms with van der Waals surface area (Å²) in [4.78, 5) is 39.6. The van der Waals surface area contributed by atoms with Crippen LogP contribution in [-0.4, -0.2) is 15.3 Å². The molecule has 0 aliphatic rings. The number of ketones is 1. The van der Waals surface area contributed by atoms with E-state index in [9.17, 15) is 14.4 Å². The molecular weight excluding hydrogens is 264 g/mol. The third kappa shape index (κ3) is 2.58.